The second-order valence-corrected chi connectivity index (χ2v) is 3.33. The number of hydrogen-bond donors (Lipinski definition) is 0. The molecular weight excluding hydrogens is 178 g/mol. The zero-order chi connectivity index (χ0) is 9.30. The first kappa shape index (κ1) is 8.92. The fourth-order valence-corrected chi connectivity index (χ4v) is 1.64. The van der Waals surface area contributed by atoms with E-state index < -0.39 is 4.92 Å². The van der Waals surface area contributed by atoms with Crippen molar-refractivity contribution in [1.29, 1.82) is 0 Å². The van der Waals surface area contributed by atoms with Crippen molar-refractivity contribution in [3.63, 3.8) is 0 Å². The first-order valence-electron chi connectivity index (χ1n) is 3.32. The van der Waals surface area contributed by atoms with Crippen LogP contribution < -0.4 is 4.90 Å². The predicted octanol–water partition coefficient (Wildman–Crippen LogP) is 1.43. The minimum atomic E-state index is -0.395. The number of hydrogen-bond acceptors (Lipinski definition) is 5. The van der Waals surface area contributed by atoms with Gasteiger partial charge in [-0.1, -0.05) is 0 Å². The molecule has 0 aliphatic rings. The van der Waals surface area contributed by atoms with Crippen molar-refractivity contribution in [2.24, 2.45) is 0 Å². The van der Waals surface area contributed by atoms with Crippen LogP contribution in [0.1, 0.15) is 5.69 Å². The molecule has 0 radical (unpaired) electrons. The minimum Gasteiger partial charge on any atom is -0.363 e. The van der Waals surface area contributed by atoms with Crippen molar-refractivity contribution in [3.05, 3.63) is 15.8 Å². The maximum atomic E-state index is 10.6. The molecule has 1 aromatic heterocycles. The molecule has 5 nitrogen and oxygen atoms in total. The minimum absolute atomic E-state index is 0.116. The zero-order valence-corrected chi connectivity index (χ0v) is 7.88. The van der Waals surface area contributed by atoms with Crippen molar-refractivity contribution in [1.82, 2.24) is 4.37 Å². The molecule has 0 amide bonds. The molecule has 0 aliphatic carbocycles. The predicted molar refractivity (Wildman–Crippen MR) is 47.8 cm³/mol. The van der Waals surface area contributed by atoms with E-state index in [2.05, 4.69) is 4.37 Å². The molecule has 0 spiro atoms. The maximum Gasteiger partial charge on any atom is 0.326 e. The van der Waals surface area contributed by atoms with Gasteiger partial charge in [0, 0.05) is 14.1 Å². The van der Waals surface area contributed by atoms with Crippen molar-refractivity contribution in [2.45, 2.75) is 6.92 Å². The molecule has 12 heavy (non-hydrogen) atoms. The Hall–Kier alpha value is -1.17. The number of anilines is 1. The molecule has 0 fully saturated rings. The molecule has 1 aromatic rings. The SMILES string of the molecule is Cc1nsc(N(C)C)c1[N+](=O)[O-]. The lowest BCUT2D eigenvalue weighted by atomic mass is 10.4. The monoisotopic (exact) mass is 187 g/mol. The van der Waals surface area contributed by atoms with E-state index in [1.165, 1.54) is 0 Å². The van der Waals surface area contributed by atoms with Gasteiger partial charge in [-0.2, -0.15) is 4.37 Å². The molecule has 0 aliphatic heterocycles. The van der Waals surface area contributed by atoms with Gasteiger partial charge >= 0.3 is 5.69 Å². The third kappa shape index (κ3) is 1.38. The van der Waals surface area contributed by atoms with E-state index in [0.29, 0.717) is 10.7 Å². The van der Waals surface area contributed by atoms with Crippen LogP contribution in [0, 0.1) is 17.0 Å². The van der Waals surface area contributed by atoms with Crippen LogP contribution >= 0.6 is 11.5 Å². The van der Waals surface area contributed by atoms with E-state index in [0.717, 1.165) is 11.5 Å². The average molecular weight is 187 g/mol. The summed E-state index contributed by atoms with van der Waals surface area (Å²) < 4.78 is 3.92. The smallest absolute Gasteiger partial charge is 0.326 e. The van der Waals surface area contributed by atoms with Crippen molar-refractivity contribution >= 4 is 22.2 Å². The van der Waals surface area contributed by atoms with Crippen LogP contribution in [0.2, 0.25) is 0 Å². The molecule has 0 aromatic carbocycles. The van der Waals surface area contributed by atoms with Crippen LogP contribution in [0.25, 0.3) is 0 Å². The molecule has 1 rings (SSSR count). The number of aryl methyl sites for hydroxylation is 1. The van der Waals surface area contributed by atoms with Crippen LogP contribution in [0.3, 0.4) is 0 Å². The average Bonchev–Trinajstić information content (AvgIpc) is 2.30. The lowest BCUT2D eigenvalue weighted by Gasteiger charge is -2.06. The van der Waals surface area contributed by atoms with Gasteiger partial charge in [-0.3, -0.25) is 10.1 Å². The molecule has 0 saturated heterocycles. The van der Waals surface area contributed by atoms with E-state index in [1.54, 1.807) is 25.9 Å². The summed E-state index contributed by atoms with van der Waals surface area (Å²) in [5, 5.41) is 11.1. The van der Waals surface area contributed by atoms with Gasteiger partial charge < -0.3 is 4.90 Å². The van der Waals surface area contributed by atoms with Gasteiger partial charge in [-0.15, -0.1) is 0 Å². The van der Waals surface area contributed by atoms with Crippen molar-refractivity contribution in [2.75, 3.05) is 19.0 Å². The van der Waals surface area contributed by atoms with Crippen molar-refractivity contribution < 1.29 is 4.92 Å². The normalized spacial score (nSPS) is 9.92. The number of rotatable bonds is 2. The highest BCUT2D eigenvalue weighted by atomic mass is 32.1. The van der Waals surface area contributed by atoms with Crippen LogP contribution in [-0.2, 0) is 0 Å². The van der Waals surface area contributed by atoms with Gasteiger partial charge in [0.2, 0.25) is 0 Å². The molecule has 0 unspecified atom stereocenters. The van der Waals surface area contributed by atoms with Crippen molar-refractivity contribution in [3.8, 4) is 0 Å². The van der Waals surface area contributed by atoms with E-state index >= 15 is 0 Å². The molecule has 0 saturated carbocycles. The van der Waals surface area contributed by atoms with Gasteiger partial charge in [0.15, 0.2) is 5.00 Å². The van der Waals surface area contributed by atoms with Crippen LogP contribution in [0.15, 0.2) is 0 Å². The molecule has 0 bridgehead atoms. The Morgan fingerprint density at radius 1 is 1.58 bits per heavy atom. The zero-order valence-electron chi connectivity index (χ0n) is 7.07. The fourth-order valence-electron chi connectivity index (χ4n) is 0.857. The van der Waals surface area contributed by atoms with Gasteiger partial charge in [0.25, 0.3) is 0 Å². The summed E-state index contributed by atoms with van der Waals surface area (Å²) in [5.41, 5.74) is 0.596. The summed E-state index contributed by atoms with van der Waals surface area (Å²) in [6.07, 6.45) is 0. The maximum absolute atomic E-state index is 10.6. The lowest BCUT2D eigenvalue weighted by Crippen LogP contribution is -2.08. The summed E-state index contributed by atoms with van der Waals surface area (Å²) in [6, 6.07) is 0. The highest BCUT2D eigenvalue weighted by Gasteiger charge is 2.22. The fraction of sp³-hybridized carbons (Fsp3) is 0.500. The molecular formula is C6H9N3O2S. The Morgan fingerprint density at radius 3 is 2.50 bits per heavy atom. The van der Waals surface area contributed by atoms with E-state index in [1.807, 2.05) is 0 Å². The summed E-state index contributed by atoms with van der Waals surface area (Å²) in [6.45, 7) is 1.64. The summed E-state index contributed by atoms with van der Waals surface area (Å²) in [5.74, 6) is 0. The Bertz CT molecular complexity index is 308. The topological polar surface area (TPSA) is 59.3 Å². The number of nitro groups is 1. The summed E-state index contributed by atoms with van der Waals surface area (Å²) in [7, 11) is 3.53. The first-order valence-corrected chi connectivity index (χ1v) is 4.09. The summed E-state index contributed by atoms with van der Waals surface area (Å²) >= 11 is 1.15. The Labute approximate surface area is 73.9 Å². The molecule has 1 heterocycles. The van der Waals surface area contributed by atoms with Crippen LogP contribution in [0.5, 0.6) is 0 Å². The third-order valence-electron chi connectivity index (χ3n) is 1.40. The second kappa shape index (κ2) is 3.06. The largest absolute Gasteiger partial charge is 0.363 e. The first-order chi connectivity index (χ1) is 5.54. The highest BCUT2D eigenvalue weighted by Crippen LogP contribution is 2.33. The molecule has 0 N–H and O–H groups in total. The van der Waals surface area contributed by atoms with E-state index in [4.69, 9.17) is 0 Å². The second-order valence-electron chi connectivity index (χ2n) is 2.57. The Morgan fingerprint density at radius 2 is 2.17 bits per heavy atom. The quantitative estimate of drug-likeness (QED) is 0.519. The Balaban J connectivity index is 3.21. The van der Waals surface area contributed by atoms with Crippen LogP contribution in [-0.4, -0.2) is 23.4 Å². The van der Waals surface area contributed by atoms with Crippen LogP contribution in [0.4, 0.5) is 10.7 Å². The molecule has 6 heteroatoms. The van der Waals surface area contributed by atoms with E-state index in [-0.39, 0.29) is 5.69 Å². The number of nitrogens with zero attached hydrogens (tertiary/aromatic N) is 3. The lowest BCUT2D eigenvalue weighted by molar-refractivity contribution is -0.384. The standard InChI is InChI=1S/C6H9N3O2S/c1-4-5(9(10)11)6(8(2)3)12-7-4/h1-3H3. The van der Waals surface area contributed by atoms with Gasteiger partial charge in [0.1, 0.15) is 5.69 Å². The van der Waals surface area contributed by atoms with Gasteiger partial charge in [-0.25, -0.2) is 0 Å². The van der Waals surface area contributed by atoms with Gasteiger partial charge in [0.05, 0.1) is 4.92 Å². The van der Waals surface area contributed by atoms with E-state index in [9.17, 15) is 10.1 Å². The molecule has 66 valence electrons. The Kier molecular flexibility index (Phi) is 2.27. The molecule has 0 atom stereocenters. The van der Waals surface area contributed by atoms with Gasteiger partial charge in [-0.05, 0) is 18.5 Å². The third-order valence-corrected chi connectivity index (χ3v) is 2.50. The number of aromatic nitrogens is 1. The highest BCUT2D eigenvalue weighted by molar-refractivity contribution is 7.10. The summed E-state index contributed by atoms with van der Waals surface area (Å²) in [4.78, 5) is 11.9.